The van der Waals surface area contributed by atoms with E-state index in [1.165, 1.54) is 0 Å². The Morgan fingerprint density at radius 1 is 1.24 bits per heavy atom. The number of aromatic hydroxyl groups is 1. The monoisotopic (exact) mass is 365 g/mol. The third kappa shape index (κ3) is 6.79. The van der Waals surface area contributed by atoms with Gasteiger partial charge >= 0.3 is 12.3 Å². The lowest BCUT2D eigenvalue weighted by Crippen LogP contribution is -2.34. The molecule has 0 heterocycles. The Morgan fingerprint density at radius 3 is 2.36 bits per heavy atom. The fraction of sp³-hybridized carbons (Fsp3) is 0.562. The van der Waals surface area contributed by atoms with Crippen molar-refractivity contribution in [2.45, 2.75) is 51.2 Å². The molecule has 0 bridgehead atoms. The summed E-state index contributed by atoms with van der Waals surface area (Å²) < 4.78 is 43.9. The van der Waals surface area contributed by atoms with E-state index in [1.54, 1.807) is 20.8 Å². The molecule has 0 aliphatic rings. The quantitative estimate of drug-likeness (QED) is 0.643. The minimum atomic E-state index is -4.80. The normalized spacial score (nSPS) is 14.7. The molecule has 0 fully saturated rings. The topological polar surface area (TPSA) is 99.0 Å². The number of hydrogen-bond donors (Lipinski definition) is 4. The number of carbonyl (C=O) groups excluding carboxylic acids is 1. The molecule has 0 aromatic heterocycles. The predicted molar refractivity (Wildman–Crippen MR) is 82.9 cm³/mol. The molecule has 2 unspecified atom stereocenters. The summed E-state index contributed by atoms with van der Waals surface area (Å²) in [6.45, 7) is 4.88. The second-order valence-electron chi connectivity index (χ2n) is 6.50. The molecule has 0 saturated carbocycles. The highest BCUT2D eigenvalue weighted by atomic mass is 19.4. The molecule has 142 valence electrons. The van der Waals surface area contributed by atoms with Crippen LogP contribution in [0.15, 0.2) is 18.2 Å². The first kappa shape index (κ1) is 21.0. The smallest absolute Gasteiger partial charge is 0.416 e. The van der Waals surface area contributed by atoms with Crippen LogP contribution in [0.1, 0.15) is 44.4 Å². The third-order valence-corrected chi connectivity index (χ3v) is 3.13. The molecular weight excluding hydrogens is 343 g/mol. The maximum absolute atomic E-state index is 13.0. The van der Waals surface area contributed by atoms with Gasteiger partial charge in [-0.3, -0.25) is 0 Å². The third-order valence-electron chi connectivity index (χ3n) is 3.13. The molecule has 1 aromatic rings. The molecule has 0 aliphatic carbocycles. The van der Waals surface area contributed by atoms with Gasteiger partial charge in [0.25, 0.3) is 0 Å². The molecule has 0 saturated heterocycles. The van der Waals surface area contributed by atoms with Gasteiger partial charge in [0.2, 0.25) is 0 Å². The van der Waals surface area contributed by atoms with Gasteiger partial charge in [-0.1, -0.05) is 6.07 Å². The van der Waals surface area contributed by atoms with Crippen LogP contribution in [0.5, 0.6) is 5.75 Å². The summed E-state index contributed by atoms with van der Waals surface area (Å²) in [6.07, 6.45) is -9.13. The second kappa shape index (κ2) is 7.92. The summed E-state index contributed by atoms with van der Waals surface area (Å²) >= 11 is 0. The van der Waals surface area contributed by atoms with Crippen LogP contribution in [-0.2, 0) is 10.9 Å². The van der Waals surface area contributed by atoms with E-state index in [9.17, 15) is 33.3 Å². The number of carbonyl (C=O) groups is 1. The van der Waals surface area contributed by atoms with E-state index in [0.717, 1.165) is 12.1 Å². The Labute approximate surface area is 143 Å². The van der Waals surface area contributed by atoms with Gasteiger partial charge in [0, 0.05) is 6.54 Å². The van der Waals surface area contributed by atoms with Crippen molar-refractivity contribution in [3.8, 4) is 5.75 Å². The van der Waals surface area contributed by atoms with Crippen LogP contribution in [0.3, 0.4) is 0 Å². The van der Waals surface area contributed by atoms with Crippen LogP contribution in [0, 0.1) is 0 Å². The van der Waals surface area contributed by atoms with E-state index in [4.69, 9.17) is 4.74 Å². The van der Waals surface area contributed by atoms with Crippen LogP contribution < -0.4 is 5.32 Å². The number of halogens is 3. The number of amides is 1. The molecule has 0 radical (unpaired) electrons. The molecule has 9 heteroatoms. The van der Waals surface area contributed by atoms with Crippen molar-refractivity contribution in [2.24, 2.45) is 0 Å². The Morgan fingerprint density at radius 2 is 1.84 bits per heavy atom. The van der Waals surface area contributed by atoms with E-state index < -0.39 is 47.0 Å². The lowest BCUT2D eigenvalue weighted by atomic mass is 9.96. The molecule has 1 amide bonds. The number of alkyl halides is 3. The zero-order valence-corrected chi connectivity index (χ0v) is 14.1. The number of aliphatic hydroxyl groups excluding tert-OH is 2. The first-order chi connectivity index (χ1) is 11.3. The van der Waals surface area contributed by atoms with Gasteiger partial charge in [0.05, 0.1) is 11.7 Å². The Balaban J connectivity index is 2.71. The van der Waals surface area contributed by atoms with Crippen LogP contribution in [0.25, 0.3) is 0 Å². The van der Waals surface area contributed by atoms with Crippen LogP contribution >= 0.6 is 0 Å². The minimum Gasteiger partial charge on any atom is -0.508 e. The predicted octanol–water partition coefficient (Wildman–Crippen LogP) is 2.72. The van der Waals surface area contributed by atoms with Gasteiger partial charge in [-0.2, -0.15) is 13.2 Å². The summed E-state index contributed by atoms with van der Waals surface area (Å²) in [4.78, 5) is 11.4. The number of rotatable bonds is 5. The zero-order valence-electron chi connectivity index (χ0n) is 14.1. The maximum atomic E-state index is 13.0. The van der Waals surface area contributed by atoms with Crippen molar-refractivity contribution in [1.29, 1.82) is 0 Å². The van der Waals surface area contributed by atoms with Crippen LogP contribution in [-0.4, -0.2) is 39.7 Å². The molecule has 0 aliphatic heterocycles. The van der Waals surface area contributed by atoms with Gasteiger partial charge in [0.1, 0.15) is 17.5 Å². The SMILES string of the molecule is CC(C)(C)OC(=O)NCCC(O)C(O)c1ccc(O)cc1C(F)(F)F. The second-order valence-corrected chi connectivity index (χ2v) is 6.50. The highest BCUT2D eigenvalue weighted by Crippen LogP contribution is 2.37. The lowest BCUT2D eigenvalue weighted by molar-refractivity contribution is -0.140. The Hall–Kier alpha value is -2.00. The van der Waals surface area contributed by atoms with Crippen molar-refractivity contribution in [2.75, 3.05) is 6.54 Å². The maximum Gasteiger partial charge on any atom is 0.416 e. The van der Waals surface area contributed by atoms with Crippen molar-refractivity contribution >= 4 is 6.09 Å². The molecule has 1 aromatic carbocycles. The Bertz CT molecular complexity index is 598. The summed E-state index contributed by atoms with van der Waals surface area (Å²) in [5, 5.41) is 31.5. The fourth-order valence-corrected chi connectivity index (χ4v) is 2.05. The number of benzene rings is 1. The van der Waals surface area contributed by atoms with Crippen molar-refractivity contribution < 1.29 is 38.0 Å². The summed E-state index contributed by atoms with van der Waals surface area (Å²) in [5.74, 6) is -0.607. The van der Waals surface area contributed by atoms with E-state index in [0.29, 0.717) is 6.07 Å². The highest BCUT2D eigenvalue weighted by molar-refractivity contribution is 5.67. The minimum absolute atomic E-state index is 0.105. The average Bonchev–Trinajstić information content (AvgIpc) is 2.43. The number of nitrogens with one attached hydrogen (secondary N) is 1. The molecule has 2 atom stereocenters. The van der Waals surface area contributed by atoms with Gasteiger partial charge in [-0.05, 0) is 44.9 Å². The number of alkyl carbamates (subject to hydrolysis) is 1. The molecule has 25 heavy (non-hydrogen) atoms. The van der Waals surface area contributed by atoms with Crippen LogP contribution in [0.2, 0.25) is 0 Å². The summed E-state index contributed by atoms with van der Waals surface area (Å²) in [7, 11) is 0. The van der Waals surface area contributed by atoms with Gasteiger partial charge in [0.15, 0.2) is 0 Å². The van der Waals surface area contributed by atoms with E-state index in [1.807, 2.05) is 0 Å². The Kier molecular flexibility index (Phi) is 6.67. The number of phenolic OH excluding ortho intramolecular Hbond substituents is 1. The fourth-order valence-electron chi connectivity index (χ4n) is 2.05. The first-order valence-electron chi connectivity index (χ1n) is 7.54. The van der Waals surface area contributed by atoms with Crippen molar-refractivity contribution in [3.63, 3.8) is 0 Å². The summed E-state index contributed by atoms with van der Waals surface area (Å²) in [6, 6.07) is 2.36. The first-order valence-corrected chi connectivity index (χ1v) is 7.54. The number of phenols is 1. The zero-order chi connectivity index (χ0) is 19.4. The van der Waals surface area contributed by atoms with Crippen molar-refractivity contribution in [1.82, 2.24) is 5.32 Å². The molecular formula is C16H22F3NO5. The summed E-state index contributed by atoms with van der Waals surface area (Å²) in [5.41, 5.74) is -2.51. The van der Waals surface area contributed by atoms with Gasteiger partial charge < -0.3 is 25.4 Å². The van der Waals surface area contributed by atoms with Gasteiger partial charge in [-0.25, -0.2) is 4.79 Å². The highest BCUT2D eigenvalue weighted by Gasteiger charge is 2.36. The van der Waals surface area contributed by atoms with Crippen LogP contribution in [0.4, 0.5) is 18.0 Å². The van der Waals surface area contributed by atoms with E-state index in [-0.39, 0.29) is 13.0 Å². The molecule has 0 spiro atoms. The number of ether oxygens (including phenoxy) is 1. The lowest BCUT2D eigenvalue weighted by Gasteiger charge is -2.23. The number of aliphatic hydroxyl groups is 2. The molecule has 1 rings (SSSR count). The average molecular weight is 365 g/mol. The van der Waals surface area contributed by atoms with E-state index >= 15 is 0 Å². The molecule has 4 N–H and O–H groups in total. The van der Waals surface area contributed by atoms with E-state index in [2.05, 4.69) is 5.32 Å². The largest absolute Gasteiger partial charge is 0.508 e. The van der Waals surface area contributed by atoms with Gasteiger partial charge in [-0.15, -0.1) is 0 Å². The molecule has 6 nitrogen and oxygen atoms in total. The standard InChI is InChI=1S/C16H22F3NO5/c1-15(2,3)25-14(24)20-7-6-12(22)13(23)10-5-4-9(21)8-11(10)16(17,18)19/h4-5,8,12-13,21-23H,6-7H2,1-3H3,(H,20,24). The van der Waals surface area contributed by atoms with Crippen molar-refractivity contribution in [3.05, 3.63) is 29.3 Å². The number of hydrogen-bond acceptors (Lipinski definition) is 5.